The number of amides is 1. The number of aryl methyl sites for hydroxylation is 1. The van der Waals surface area contributed by atoms with Gasteiger partial charge in [-0.1, -0.05) is 12.2 Å². The van der Waals surface area contributed by atoms with Crippen molar-refractivity contribution in [1.29, 1.82) is 0 Å². The predicted molar refractivity (Wildman–Crippen MR) is 91.5 cm³/mol. The van der Waals surface area contributed by atoms with Crippen LogP contribution in [0.25, 0.3) is 0 Å². The second kappa shape index (κ2) is 6.36. The van der Waals surface area contributed by atoms with Gasteiger partial charge in [0.05, 0.1) is 12.3 Å². The number of aliphatic hydroxyl groups excluding tert-OH is 1. The molecule has 1 fully saturated rings. The highest BCUT2D eigenvalue weighted by Crippen LogP contribution is 2.40. The fourth-order valence-electron chi connectivity index (χ4n) is 4.82. The zero-order valence-electron chi connectivity index (χ0n) is 14.4. The molecule has 0 radical (unpaired) electrons. The molecule has 24 heavy (non-hydrogen) atoms. The van der Waals surface area contributed by atoms with Gasteiger partial charge in [0.2, 0.25) is 5.91 Å². The summed E-state index contributed by atoms with van der Waals surface area (Å²) in [5.74, 6) is 2.44. The van der Waals surface area contributed by atoms with E-state index >= 15 is 0 Å². The van der Waals surface area contributed by atoms with E-state index in [-0.39, 0.29) is 24.5 Å². The van der Waals surface area contributed by atoms with Crippen LogP contribution in [0.2, 0.25) is 0 Å². The van der Waals surface area contributed by atoms with Gasteiger partial charge in [0, 0.05) is 30.6 Å². The van der Waals surface area contributed by atoms with Crippen molar-refractivity contribution in [3.05, 3.63) is 29.4 Å². The number of carbonyl (C=O) groups excluding carboxylic acids is 1. The van der Waals surface area contributed by atoms with E-state index in [1.165, 1.54) is 18.5 Å². The third-order valence-corrected chi connectivity index (χ3v) is 6.10. The number of allylic oxidation sites excluding steroid dienone is 2. The van der Waals surface area contributed by atoms with E-state index in [1.807, 2.05) is 6.92 Å². The Kier molecular flexibility index (Phi) is 4.21. The molecule has 4 aliphatic rings. The summed E-state index contributed by atoms with van der Waals surface area (Å²) in [6.07, 6.45) is 10.7. The van der Waals surface area contributed by atoms with Gasteiger partial charge in [0.25, 0.3) is 0 Å². The van der Waals surface area contributed by atoms with E-state index in [2.05, 4.69) is 27.0 Å². The Hall–Kier alpha value is -1.62. The minimum atomic E-state index is 0.140. The van der Waals surface area contributed by atoms with Gasteiger partial charge in [0.15, 0.2) is 0 Å². The maximum absolute atomic E-state index is 12.7. The van der Waals surface area contributed by atoms with Crippen molar-refractivity contribution < 1.29 is 9.90 Å². The van der Waals surface area contributed by atoms with Gasteiger partial charge in [-0.05, 0) is 50.9 Å². The second-order valence-electron chi connectivity index (χ2n) is 7.60. The smallest absolute Gasteiger partial charge is 0.223 e. The Morgan fingerprint density at radius 2 is 2.25 bits per heavy atom. The van der Waals surface area contributed by atoms with Gasteiger partial charge >= 0.3 is 0 Å². The SMILES string of the molecule is Cc1nc2c(n1CCO)CCC(NC(=O)[C@@H]1C[C@@H]3C=C[C@H]1CC3)C2. The highest BCUT2D eigenvalue weighted by molar-refractivity contribution is 5.80. The fraction of sp³-hybridized carbons (Fsp3) is 0.684. The number of fused-ring (bicyclic) bond motifs is 3. The number of hydrogen-bond donors (Lipinski definition) is 2. The zero-order valence-corrected chi connectivity index (χ0v) is 14.4. The molecule has 130 valence electrons. The minimum Gasteiger partial charge on any atom is -0.395 e. The number of nitrogens with zero attached hydrogens (tertiary/aromatic N) is 2. The zero-order chi connectivity index (χ0) is 16.7. The van der Waals surface area contributed by atoms with Gasteiger partial charge in [0.1, 0.15) is 5.82 Å². The van der Waals surface area contributed by atoms with Crippen LogP contribution in [-0.2, 0) is 24.2 Å². The molecule has 0 aliphatic heterocycles. The maximum atomic E-state index is 12.7. The molecule has 4 atom stereocenters. The average molecular weight is 329 g/mol. The lowest BCUT2D eigenvalue weighted by Crippen LogP contribution is -2.46. The molecular formula is C19H27N3O2. The maximum Gasteiger partial charge on any atom is 0.223 e. The molecule has 5 rings (SSSR count). The highest BCUT2D eigenvalue weighted by Gasteiger charge is 2.37. The molecule has 0 spiro atoms. The normalized spacial score (nSPS) is 31.1. The van der Waals surface area contributed by atoms with Gasteiger partial charge < -0.3 is 15.0 Å². The van der Waals surface area contributed by atoms with Crippen LogP contribution in [0.15, 0.2) is 12.2 Å². The molecule has 1 aromatic rings. The van der Waals surface area contributed by atoms with Crippen molar-refractivity contribution in [3.8, 4) is 0 Å². The molecule has 1 unspecified atom stereocenters. The first-order chi connectivity index (χ1) is 11.7. The van der Waals surface area contributed by atoms with Crippen molar-refractivity contribution in [2.75, 3.05) is 6.61 Å². The minimum absolute atomic E-state index is 0.140. The summed E-state index contributed by atoms with van der Waals surface area (Å²) in [7, 11) is 0. The van der Waals surface area contributed by atoms with E-state index in [1.54, 1.807) is 0 Å². The molecule has 0 saturated heterocycles. The van der Waals surface area contributed by atoms with Crippen LogP contribution in [0.1, 0.15) is 42.9 Å². The van der Waals surface area contributed by atoms with Crippen LogP contribution in [0.3, 0.4) is 0 Å². The molecule has 5 heteroatoms. The summed E-state index contributed by atoms with van der Waals surface area (Å²) in [4.78, 5) is 17.4. The number of nitrogens with one attached hydrogen (secondary N) is 1. The monoisotopic (exact) mass is 329 g/mol. The molecule has 1 aromatic heterocycles. The van der Waals surface area contributed by atoms with Crippen LogP contribution in [0.5, 0.6) is 0 Å². The van der Waals surface area contributed by atoms with Crippen LogP contribution < -0.4 is 5.32 Å². The quantitative estimate of drug-likeness (QED) is 0.827. The van der Waals surface area contributed by atoms with Crippen molar-refractivity contribution in [2.24, 2.45) is 17.8 Å². The van der Waals surface area contributed by atoms with Crippen LogP contribution >= 0.6 is 0 Å². The third-order valence-electron chi connectivity index (χ3n) is 6.10. The summed E-state index contributed by atoms with van der Waals surface area (Å²) in [5, 5.41) is 12.5. The first kappa shape index (κ1) is 15.9. The van der Waals surface area contributed by atoms with Crippen molar-refractivity contribution in [1.82, 2.24) is 14.9 Å². The second-order valence-corrected chi connectivity index (χ2v) is 7.60. The summed E-state index contributed by atoms with van der Waals surface area (Å²) >= 11 is 0. The lowest BCUT2D eigenvalue weighted by molar-refractivity contribution is -0.128. The molecule has 5 nitrogen and oxygen atoms in total. The lowest BCUT2D eigenvalue weighted by atomic mass is 9.69. The van der Waals surface area contributed by atoms with Crippen LogP contribution in [-0.4, -0.2) is 33.2 Å². The number of imidazole rings is 1. The predicted octanol–water partition coefficient (Wildman–Crippen LogP) is 1.76. The molecular weight excluding hydrogens is 302 g/mol. The van der Waals surface area contributed by atoms with E-state index < -0.39 is 0 Å². The topological polar surface area (TPSA) is 67.2 Å². The fourth-order valence-corrected chi connectivity index (χ4v) is 4.82. The lowest BCUT2D eigenvalue weighted by Gasteiger charge is -2.38. The molecule has 0 aromatic carbocycles. The van der Waals surface area contributed by atoms with E-state index in [0.717, 1.165) is 37.2 Å². The molecule has 1 saturated carbocycles. The summed E-state index contributed by atoms with van der Waals surface area (Å²) in [6, 6.07) is 0.200. The van der Waals surface area contributed by atoms with Crippen LogP contribution in [0, 0.1) is 24.7 Å². The molecule has 2 bridgehead atoms. The van der Waals surface area contributed by atoms with Gasteiger partial charge in [-0.3, -0.25) is 4.79 Å². The average Bonchev–Trinajstić information content (AvgIpc) is 2.91. The third kappa shape index (κ3) is 2.79. The Balaban J connectivity index is 1.41. The molecule has 1 heterocycles. The summed E-state index contributed by atoms with van der Waals surface area (Å²) in [6.45, 7) is 2.75. The summed E-state index contributed by atoms with van der Waals surface area (Å²) in [5.41, 5.74) is 2.34. The number of carbonyl (C=O) groups is 1. The molecule has 2 N–H and O–H groups in total. The highest BCUT2D eigenvalue weighted by atomic mass is 16.3. The Labute approximate surface area is 143 Å². The number of rotatable bonds is 4. The first-order valence-corrected chi connectivity index (χ1v) is 9.30. The molecule has 1 amide bonds. The number of hydrogen-bond acceptors (Lipinski definition) is 3. The Morgan fingerprint density at radius 3 is 2.92 bits per heavy atom. The molecule has 4 aliphatic carbocycles. The van der Waals surface area contributed by atoms with E-state index in [9.17, 15) is 9.90 Å². The van der Waals surface area contributed by atoms with Crippen molar-refractivity contribution in [3.63, 3.8) is 0 Å². The Bertz CT molecular complexity index is 664. The van der Waals surface area contributed by atoms with E-state index in [0.29, 0.717) is 18.4 Å². The number of aromatic nitrogens is 2. The Morgan fingerprint density at radius 1 is 1.38 bits per heavy atom. The van der Waals surface area contributed by atoms with E-state index in [4.69, 9.17) is 0 Å². The van der Waals surface area contributed by atoms with Gasteiger partial charge in [-0.2, -0.15) is 0 Å². The largest absolute Gasteiger partial charge is 0.395 e. The number of aliphatic hydroxyl groups is 1. The van der Waals surface area contributed by atoms with Gasteiger partial charge in [-0.15, -0.1) is 0 Å². The van der Waals surface area contributed by atoms with Gasteiger partial charge in [-0.25, -0.2) is 4.98 Å². The van der Waals surface area contributed by atoms with Crippen molar-refractivity contribution in [2.45, 2.75) is 58.0 Å². The standard InChI is InChI=1S/C19H27N3O2/c1-12-20-17-11-15(6-7-18(17)22(12)8-9-23)21-19(24)16-10-13-2-4-14(16)5-3-13/h2,4,13-16,23H,3,5-11H2,1H3,(H,21,24)/t13-,14+,15?,16-/m1/s1. The summed E-state index contributed by atoms with van der Waals surface area (Å²) < 4.78 is 2.12. The van der Waals surface area contributed by atoms with Crippen molar-refractivity contribution >= 4 is 5.91 Å². The van der Waals surface area contributed by atoms with Crippen LogP contribution in [0.4, 0.5) is 0 Å². The first-order valence-electron chi connectivity index (χ1n) is 9.30.